The summed E-state index contributed by atoms with van der Waals surface area (Å²) >= 11 is 0. The zero-order chi connectivity index (χ0) is 20.0. The summed E-state index contributed by atoms with van der Waals surface area (Å²) in [5, 5.41) is 20.9. The number of carbonyl (C=O) groups excluding carboxylic acids is 1. The number of hydrogen-bond donors (Lipinski definition) is 2. The number of nitrogens with zero attached hydrogens (tertiary/aromatic N) is 1. The predicted molar refractivity (Wildman–Crippen MR) is 109 cm³/mol. The van der Waals surface area contributed by atoms with Gasteiger partial charge in [-0.25, -0.2) is 4.79 Å². The summed E-state index contributed by atoms with van der Waals surface area (Å²) in [5.41, 5.74) is 2.84. The second-order valence-corrected chi connectivity index (χ2v) is 8.73. The van der Waals surface area contributed by atoms with Crippen molar-refractivity contribution < 1.29 is 19.7 Å². The van der Waals surface area contributed by atoms with Crippen molar-refractivity contribution in [1.82, 2.24) is 4.90 Å². The van der Waals surface area contributed by atoms with Gasteiger partial charge in [0.05, 0.1) is 0 Å². The van der Waals surface area contributed by atoms with Crippen molar-refractivity contribution in [1.29, 1.82) is 0 Å². The second-order valence-electron chi connectivity index (χ2n) is 8.73. The fourth-order valence-electron chi connectivity index (χ4n) is 6.13. The Labute approximate surface area is 170 Å². The fourth-order valence-corrected chi connectivity index (χ4v) is 6.13. The van der Waals surface area contributed by atoms with Crippen LogP contribution in [0, 0.1) is 5.92 Å². The van der Waals surface area contributed by atoms with Gasteiger partial charge in [0.15, 0.2) is 11.5 Å². The zero-order valence-corrected chi connectivity index (χ0v) is 16.5. The zero-order valence-electron chi connectivity index (χ0n) is 16.5. The Kier molecular flexibility index (Phi) is 4.41. The van der Waals surface area contributed by atoms with Crippen LogP contribution in [0.4, 0.5) is 4.79 Å². The minimum absolute atomic E-state index is 0.0365. The van der Waals surface area contributed by atoms with Crippen molar-refractivity contribution in [3.05, 3.63) is 59.2 Å². The number of carbonyl (C=O) groups is 1. The number of fused-ring (bicyclic) bond motifs is 1. The summed E-state index contributed by atoms with van der Waals surface area (Å²) in [5.74, 6) is 0.313. The predicted octanol–water partition coefficient (Wildman–Crippen LogP) is 4.49. The van der Waals surface area contributed by atoms with Crippen LogP contribution in [0.1, 0.15) is 48.8 Å². The Balaban J connectivity index is 1.45. The van der Waals surface area contributed by atoms with Crippen molar-refractivity contribution in [2.75, 3.05) is 6.54 Å². The van der Waals surface area contributed by atoms with Gasteiger partial charge in [0.25, 0.3) is 0 Å². The van der Waals surface area contributed by atoms with Crippen molar-refractivity contribution in [3.8, 4) is 11.5 Å². The molecule has 5 rings (SSSR count). The molecule has 1 aliphatic heterocycles. The van der Waals surface area contributed by atoms with E-state index in [1.807, 2.05) is 41.3 Å². The number of phenols is 2. The van der Waals surface area contributed by atoms with Crippen LogP contribution in [0.3, 0.4) is 0 Å². The number of phenolic OH excluding ortho intramolecular Hbond substituents is 2. The lowest BCUT2D eigenvalue weighted by molar-refractivity contribution is -0.0146. The van der Waals surface area contributed by atoms with E-state index in [9.17, 15) is 15.0 Å². The summed E-state index contributed by atoms with van der Waals surface area (Å²) in [6.07, 6.45) is 5.58. The number of likely N-dealkylation sites (tertiary alicyclic amines) is 1. The third kappa shape index (κ3) is 2.86. The van der Waals surface area contributed by atoms with E-state index in [-0.39, 0.29) is 35.7 Å². The Bertz CT molecular complexity index is 928. The van der Waals surface area contributed by atoms with E-state index in [1.165, 1.54) is 0 Å². The number of benzene rings is 2. The maximum atomic E-state index is 13.0. The van der Waals surface area contributed by atoms with E-state index in [1.54, 1.807) is 6.07 Å². The maximum Gasteiger partial charge on any atom is 0.410 e. The van der Waals surface area contributed by atoms with Gasteiger partial charge < -0.3 is 19.8 Å². The Morgan fingerprint density at radius 2 is 1.93 bits per heavy atom. The molecule has 2 aromatic carbocycles. The lowest BCUT2D eigenvalue weighted by Crippen LogP contribution is -2.62. The van der Waals surface area contributed by atoms with Gasteiger partial charge in [-0.1, -0.05) is 49.2 Å². The van der Waals surface area contributed by atoms with Crippen LogP contribution < -0.4 is 0 Å². The highest BCUT2D eigenvalue weighted by Gasteiger charge is 2.56. The number of rotatable bonds is 2. The summed E-state index contributed by atoms with van der Waals surface area (Å²) < 4.78 is 5.66. The van der Waals surface area contributed by atoms with Crippen LogP contribution in [0.5, 0.6) is 11.5 Å². The number of piperidine rings is 1. The number of amides is 1. The van der Waals surface area contributed by atoms with Crippen LogP contribution in [0.25, 0.3) is 0 Å². The Hall–Kier alpha value is -2.69. The highest BCUT2D eigenvalue weighted by molar-refractivity contribution is 5.69. The lowest BCUT2D eigenvalue weighted by atomic mass is 9.52. The summed E-state index contributed by atoms with van der Waals surface area (Å²) in [7, 11) is 0. The van der Waals surface area contributed by atoms with Crippen LogP contribution in [0.2, 0.25) is 0 Å². The monoisotopic (exact) mass is 393 g/mol. The molecule has 3 atom stereocenters. The van der Waals surface area contributed by atoms with Gasteiger partial charge in [-0.2, -0.15) is 0 Å². The van der Waals surface area contributed by atoms with Crippen molar-refractivity contribution in [2.45, 2.75) is 56.6 Å². The molecule has 2 bridgehead atoms. The highest BCUT2D eigenvalue weighted by Crippen LogP contribution is 2.59. The first kappa shape index (κ1) is 18.3. The van der Waals surface area contributed by atoms with E-state index in [0.717, 1.165) is 48.8 Å². The number of hydrogen-bond acceptors (Lipinski definition) is 4. The molecule has 0 spiro atoms. The van der Waals surface area contributed by atoms with Gasteiger partial charge in [-0.3, -0.25) is 0 Å². The van der Waals surface area contributed by atoms with Gasteiger partial charge >= 0.3 is 6.09 Å². The molecule has 2 aliphatic carbocycles. The molecule has 1 saturated carbocycles. The molecule has 152 valence electrons. The lowest BCUT2D eigenvalue weighted by Gasteiger charge is -2.58. The average molecular weight is 393 g/mol. The summed E-state index contributed by atoms with van der Waals surface area (Å²) in [6, 6.07) is 13.3. The SMILES string of the molecule is O=C(OCc1ccccc1)N1CC[C@@]23CCCC[C@@H]2[C@@H]1Cc1ccc(O)c(O)c13. The summed E-state index contributed by atoms with van der Waals surface area (Å²) in [6.45, 7) is 0.910. The third-order valence-corrected chi connectivity index (χ3v) is 7.37. The average Bonchev–Trinajstić information content (AvgIpc) is 2.75. The van der Waals surface area contributed by atoms with Gasteiger partial charge in [0.1, 0.15) is 6.61 Å². The molecule has 1 saturated heterocycles. The molecule has 0 aromatic heterocycles. The number of aromatic hydroxyl groups is 2. The molecule has 0 radical (unpaired) electrons. The molecule has 5 nitrogen and oxygen atoms in total. The van der Waals surface area contributed by atoms with Gasteiger partial charge in [0, 0.05) is 23.6 Å². The Morgan fingerprint density at radius 1 is 1.10 bits per heavy atom. The van der Waals surface area contributed by atoms with Crippen molar-refractivity contribution in [2.24, 2.45) is 5.92 Å². The molecule has 1 amide bonds. The van der Waals surface area contributed by atoms with E-state index < -0.39 is 0 Å². The number of ether oxygens (including phenoxy) is 1. The normalized spacial score (nSPS) is 27.7. The summed E-state index contributed by atoms with van der Waals surface area (Å²) in [4.78, 5) is 14.9. The van der Waals surface area contributed by atoms with Crippen LogP contribution in [-0.4, -0.2) is 33.8 Å². The van der Waals surface area contributed by atoms with Crippen LogP contribution >= 0.6 is 0 Å². The first-order valence-electron chi connectivity index (χ1n) is 10.6. The quantitative estimate of drug-likeness (QED) is 0.738. The smallest absolute Gasteiger partial charge is 0.410 e. The van der Waals surface area contributed by atoms with E-state index in [4.69, 9.17) is 4.74 Å². The van der Waals surface area contributed by atoms with Gasteiger partial charge in [0.2, 0.25) is 0 Å². The fraction of sp³-hybridized carbons (Fsp3) is 0.458. The molecular weight excluding hydrogens is 366 g/mol. The molecule has 5 heteroatoms. The van der Waals surface area contributed by atoms with E-state index in [2.05, 4.69) is 0 Å². The molecule has 3 aliphatic rings. The van der Waals surface area contributed by atoms with E-state index >= 15 is 0 Å². The molecule has 0 unspecified atom stereocenters. The first-order chi connectivity index (χ1) is 14.1. The minimum atomic E-state index is -0.246. The molecule has 2 N–H and O–H groups in total. The van der Waals surface area contributed by atoms with Crippen LogP contribution in [-0.2, 0) is 23.2 Å². The minimum Gasteiger partial charge on any atom is -0.504 e. The molecule has 29 heavy (non-hydrogen) atoms. The topological polar surface area (TPSA) is 70.0 Å². The third-order valence-electron chi connectivity index (χ3n) is 7.37. The molecule has 2 aromatic rings. The molecule has 2 fully saturated rings. The van der Waals surface area contributed by atoms with Crippen molar-refractivity contribution >= 4 is 6.09 Å². The Morgan fingerprint density at radius 3 is 2.76 bits per heavy atom. The molecular formula is C24H27NO4. The highest BCUT2D eigenvalue weighted by atomic mass is 16.6. The van der Waals surface area contributed by atoms with Crippen LogP contribution in [0.15, 0.2) is 42.5 Å². The largest absolute Gasteiger partial charge is 0.504 e. The van der Waals surface area contributed by atoms with Crippen molar-refractivity contribution in [3.63, 3.8) is 0 Å². The van der Waals surface area contributed by atoms with E-state index in [0.29, 0.717) is 18.9 Å². The van der Waals surface area contributed by atoms with Gasteiger partial charge in [-0.05, 0) is 48.8 Å². The first-order valence-corrected chi connectivity index (χ1v) is 10.6. The maximum absolute atomic E-state index is 13.0. The van der Waals surface area contributed by atoms with Gasteiger partial charge in [-0.15, -0.1) is 0 Å². The second kappa shape index (κ2) is 6.97. The standard InChI is InChI=1S/C24H27NO4/c26-20-10-9-17-14-19-18-8-4-5-11-24(18,21(17)22(20)27)12-13-25(19)23(28)29-15-16-6-2-1-3-7-16/h1-3,6-7,9-10,18-19,26-27H,4-5,8,11-15H2/t18-,19+,24+/m1/s1. The molecule has 1 heterocycles.